The Bertz CT molecular complexity index is 409. The number of H-pyrrole nitrogens is 1. The van der Waals surface area contributed by atoms with Gasteiger partial charge in [-0.15, -0.1) is 0 Å². The second kappa shape index (κ2) is 3.94. The van der Waals surface area contributed by atoms with Crippen molar-refractivity contribution < 1.29 is 8.42 Å². The zero-order valence-electron chi connectivity index (χ0n) is 9.48. The first-order chi connectivity index (χ1) is 6.82. The van der Waals surface area contributed by atoms with Crippen LogP contribution in [0.3, 0.4) is 0 Å². The van der Waals surface area contributed by atoms with Crippen LogP contribution in [0.5, 0.6) is 0 Å². The number of aromatic amines is 1. The zero-order valence-corrected chi connectivity index (χ0v) is 10.3. The van der Waals surface area contributed by atoms with Crippen molar-refractivity contribution in [3.05, 3.63) is 12.4 Å². The molecule has 1 N–H and O–H groups in total. The lowest BCUT2D eigenvalue weighted by Gasteiger charge is -2.33. The number of rotatable bonds is 4. The molecule has 1 heterocycles. The smallest absolute Gasteiger partial charge is 0.246 e. The summed E-state index contributed by atoms with van der Waals surface area (Å²) < 4.78 is 25.5. The zero-order chi connectivity index (χ0) is 11.7. The topological polar surface area (TPSA) is 66.1 Å². The van der Waals surface area contributed by atoms with Gasteiger partial charge in [0.05, 0.1) is 6.20 Å². The van der Waals surface area contributed by atoms with Crippen LogP contribution >= 0.6 is 0 Å². The Morgan fingerprint density at radius 1 is 1.53 bits per heavy atom. The van der Waals surface area contributed by atoms with E-state index in [2.05, 4.69) is 10.2 Å². The van der Waals surface area contributed by atoms with E-state index >= 15 is 0 Å². The average molecular weight is 231 g/mol. The summed E-state index contributed by atoms with van der Waals surface area (Å²) in [6.45, 7) is 5.75. The largest absolute Gasteiger partial charge is 0.284 e. The van der Waals surface area contributed by atoms with Crippen molar-refractivity contribution in [3.63, 3.8) is 0 Å². The van der Waals surface area contributed by atoms with Gasteiger partial charge in [0.1, 0.15) is 4.90 Å². The van der Waals surface area contributed by atoms with Crippen molar-refractivity contribution in [2.24, 2.45) is 0 Å². The van der Waals surface area contributed by atoms with Crippen LogP contribution in [0.25, 0.3) is 0 Å². The maximum Gasteiger partial charge on any atom is 0.246 e. The second-order valence-corrected chi connectivity index (χ2v) is 6.04. The number of hydrogen-bond acceptors (Lipinski definition) is 3. The molecule has 0 aliphatic rings. The van der Waals surface area contributed by atoms with Gasteiger partial charge in [-0.3, -0.25) is 5.10 Å². The van der Waals surface area contributed by atoms with E-state index in [1.165, 1.54) is 16.7 Å². The first-order valence-corrected chi connectivity index (χ1v) is 6.24. The number of nitrogens with one attached hydrogen (secondary N) is 1. The number of aromatic nitrogens is 2. The maximum absolute atomic E-state index is 12.1. The molecule has 0 saturated carbocycles. The highest BCUT2D eigenvalue weighted by molar-refractivity contribution is 7.89. The fourth-order valence-corrected chi connectivity index (χ4v) is 2.57. The third-order valence-electron chi connectivity index (χ3n) is 2.85. The summed E-state index contributed by atoms with van der Waals surface area (Å²) in [5.74, 6) is 0. The maximum atomic E-state index is 12.1. The molecule has 1 aromatic rings. The van der Waals surface area contributed by atoms with Crippen LogP contribution in [0, 0.1) is 0 Å². The molecule has 0 saturated heterocycles. The summed E-state index contributed by atoms with van der Waals surface area (Å²) in [6, 6.07) is 0. The molecule has 0 radical (unpaired) electrons. The molecule has 0 amide bonds. The van der Waals surface area contributed by atoms with Crippen molar-refractivity contribution in [3.8, 4) is 0 Å². The molecule has 15 heavy (non-hydrogen) atoms. The third kappa shape index (κ3) is 2.21. The van der Waals surface area contributed by atoms with Crippen LogP contribution < -0.4 is 0 Å². The molecule has 0 fully saturated rings. The third-order valence-corrected chi connectivity index (χ3v) is 4.88. The Morgan fingerprint density at radius 3 is 2.53 bits per heavy atom. The van der Waals surface area contributed by atoms with Crippen LogP contribution in [0.1, 0.15) is 27.2 Å². The van der Waals surface area contributed by atoms with Gasteiger partial charge in [0.25, 0.3) is 0 Å². The molecule has 0 aliphatic heterocycles. The van der Waals surface area contributed by atoms with E-state index < -0.39 is 15.6 Å². The van der Waals surface area contributed by atoms with E-state index in [0.717, 1.165) is 6.42 Å². The Hall–Kier alpha value is -0.880. The molecule has 6 heteroatoms. The molecule has 0 atom stereocenters. The minimum absolute atomic E-state index is 0.200. The average Bonchev–Trinajstić information content (AvgIpc) is 2.69. The number of hydrogen-bond donors (Lipinski definition) is 1. The predicted molar refractivity (Wildman–Crippen MR) is 57.9 cm³/mol. The molecule has 86 valence electrons. The molecule has 0 aromatic carbocycles. The van der Waals surface area contributed by atoms with Gasteiger partial charge in [-0.1, -0.05) is 6.92 Å². The summed E-state index contributed by atoms with van der Waals surface area (Å²) in [6.07, 6.45) is 3.45. The van der Waals surface area contributed by atoms with Gasteiger partial charge >= 0.3 is 0 Å². The van der Waals surface area contributed by atoms with Crippen molar-refractivity contribution in [1.29, 1.82) is 0 Å². The molecule has 1 aromatic heterocycles. The molecular weight excluding hydrogens is 214 g/mol. The number of nitrogens with zero attached hydrogens (tertiary/aromatic N) is 2. The standard InChI is InChI=1S/C9H17N3O2S/c1-5-9(2,3)12(4)15(13,14)8-6-10-11-7-8/h6-7H,5H2,1-4H3,(H,10,11). The Kier molecular flexibility index (Phi) is 3.20. The van der Waals surface area contributed by atoms with Gasteiger partial charge in [0.15, 0.2) is 0 Å². The van der Waals surface area contributed by atoms with Crippen LogP contribution in [-0.2, 0) is 10.0 Å². The van der Waals surface area contributed by atoms with E-state index in [9.17, 15) is 8.42 Å². The van der Waals surface area contributed by atoms with Gasteiger partial charge < -0.3 is 0 Å². The van der Waals surface area contributed by atoms with Crippen molar-refractivity contribution in [2.75, 3.05) is 7.05 Å². The first-order valence-electron chi connectivity index (χ1n) is 4.80. The summed E-state index contributed by atoms with van der Waals surface area (Å²) in [5, 5.41) is 6.15. The summed E-state index contributed by atoms with van der Waals surface area (Å²) >= 11 is 0. The highest BCUT2D eigenvalue weighted by Gasteiger charge is 2.32. The Balaban J connectivity index is 3.09. The lowest BCUT2D eigenvalue weighted by atomic mass is 10.0. The van der Waals surface area contributed by atoms with Crippen LogP contribution in [0.15, 0.2) is 17.3 Å². The van der Waals surface area contributed by atoms with Crippen LogP contribution in [0.2, 0.25) is 0 Å². The van der Waals surface area contributed by atoms with Crippen molar-refractivity contribution >= 4 is 10.0 Å². The Morgan fingerprint density at radius 2 is 2.13 bits per heavy atom. The summed E-state index contributed by atoms with van der Waals surface area (Å²) in [5.41, 5.74) is -0.393. The van der Waals surface area contributed by atoms with E-state index in [4.69, 9.17) is 0 Å². The number of sulfonamides is 1. The molecule has 5 nitrogen and oxygen atoms in total. The van der Waals surface area contributed by atoms with Gasteiger partial charge in [-0.05, 0) is 20.3 Å². The molecule has 0 aliphatic carbocycles. The summed E-state index contributed by atoms with van der Waals surface area (Å²) in [4.78, 5) is 0.200. The van der Waals surface area contributed by atoms with E-state index in [0.29, 0.717) is 0 Å². The molecular formula is C9H17N3O2S. The Labute approximate surface area is 90.5 Å². The quantitative estimate of drug-likeness (QED) is 0.847. The first kappa shape index (κ1) is 12.2. The van der Waals surface area contributed by atoms with Crippen molar-refractivity contribution in [2.45, 2.75) is 37.6 Å². The minimum atomic E-state index is -3.43. The fraction of sp³-hybridized carbons (Fsp3) is 0.667. The van der Waals surface area contributed by atoms with Crippen LogP contribution in [0.4, 0.5) is 0 Å². The van der Waals surface area contributed by atoms with Gasteiger partial charge in [-0.2, -0.15) is 9.40 Å². The van der Waals surface area contributed by atoms with E-state index in [1.54, 1.807) is 7.05 Å². The lowest BCUT2D eigenvalue weighted by Crippen LogP contribution is -2.44. The van der Waals surface area contributed by atoms with Gasteiger partial charge in [0.2, 0.25) is 10.0 Å². The second-order valence-electron chi connectivity index (χ2n) is 4.07. The molecule has 0 bridgehead atoms. The highest BCUT2D eigenvalue weighted by Crippen LogP contribution is 2.24. The SMILES string of the molecule is CCC(C)(C)N(C)S(=O)(=O)c1cn[nH]c1. The predicted octanol–water partition coefficient (Wildman–Crippen LogP) is 1.22. The normalized spacial score (nSPS) is 13.4. The summed E-state index contributed by atoms with van der Waals surface area (Å²) in [7, 11) is -1.84. The molecule has 0 unspecified atom stereocenters. The highest BCUT2D eigenvalue weighted by atomic mass is 32.2. The fourth-order valence-electron chi connectivity index (χ4n) is 1.09. The van der Waals surface area contributed by atoms with E-state index in [-0.39, 0.29) is 4.90 Å². The van der Waals surface area contributed by atoms with Crippen LogP contribution in [-0.4, -0.2) is 35.5 Å². The van der Waals surface area contributed by atoms with Gasteiger partial charge in [0, 0.05) is 18.8 Å². The van der Waals surface area contributed by atoms with Crippen molar-refractivity contribution in [1.82, 2.24) is 14.5 Å². The lowest BCUT2D eigenvalue weighted by molar-refractivity contribution is 0.257. The van der Waals surface area contributed by atoms with E-state index in [1.807, 2.05) is 20.8 Å². The minimum Gasteiger partial charge on any atom is -0.284 e. The molecule has 0 spiro atoms. The molecule has 1 rings (SSSR count). The monoisotopic (exact) mass is 231 g/mol. The van der Waals surface area contributed by atoms with Gasteiger partial charge in [-0.25, -0.2) is 8.42 Å².